The van der Waals surface area contributed by atoms with Gasteiger partial charge >= 0.3 is 11.9 Å². The van der Waals surface area contributed by atoms with Crippen molar-refractivity contribution in [2.45, 2.75) is 13.8 Å². The lowest BCUT2D eigenvalue weighted by Gasteiger charge is -2.04. The van der Waals surface area contributed by atoms with Crippen molar-refractivity contribution in [1.29, 1.82) is 0 Å². The van der Waals surface area contributed by atoms with Gasteiger partial charge in [0.15, 0.2) is 0 Å². The van der Waals surface area contributed by atoms with Crippen molar-refractivity contribution < 1.29 is 24.2 Å². The molecule has 0 saturated carbocycles. The average molecular weight is 174 g/mol. The molecule has 0 radical (unpaired) electrons. The molecule has 68 valence electrons. The lowest BCUT2D eigenvalue weighted by Crippen LogP contribution is -2.06. The van der Waals surface area contributed by atoms with Crippen molar-refractivity contribution in [3.8, 4) is 0 Å². The van der Waals surface area contributed by atoms with Crippen LogP contribution in [0.5, 0.6) is 0 Å². The normalized spacial score (nSPS) is 8.58. The van der Waals surface area contributed by atoms with E-state index in [-0.39, 0.29) is 12.6 Å². The Kier molecular flexibility index (Phi) is 4.71. The third-order valence-electron chi connectivity index (χ3n) is 0.747. The summed E-state index contributed by atoms with van der Waals surface area (Å²) in [6.07, 6.45) is 1.07. The van der Waals surface area contributed by atoms with Crippen molar-refractivity contribution in [2.75, 3.05) is 6.61 Å². The van der Waals surface area contributed by atoms with Crippen LogP contribution in [0.3, 0.4) is 0 Å². The van der Waals surface area contributed by atoms with Gasteiger partial charge in [-0.05, 0) is 0 Å². The number of hydrogen-bond donors (Lipinski definition) is 1. The number of ether oxygens (including phenoxy) is 2. The number of hydrogen-bond acceptors (Lipinski definition) is 5. The third kappa shape index (κ3) is 5.43. The zero-order valence-electron chi connectivity index (χ0n) is 6.86. The minimum atomic E-state index is -0.615. The molecule has 12 heavy (non-hydrogen) atoms. The maximum absolute atomic E-state index is 10.4. The molecule has 0 spiro atoms. The molecule has 5 heteroatoms. The molecule has 0 saturated heterocycles. The van der Waals surface area contributed by atoms with Gasteiger partial charge in [0.2, 0.25) is 0 Å². The third-order valence-corrected chi connectivity index (χ3v) is 0.747. The number of carbonyl (C=O) groups excluding carboxylic acids is 2. The van der Waals surface area contributed by atoms with E-state index in [2.05, 4.69) is 9.47 Å². The Morgan fingerprint density at radius 1 is 1.25 bits per heavy atom. The molecular weight excluding hydrogens is 164 g/mol. The van der Waals surface area contributed by atoms with Crippen LogP contribution >= 0.6 is 0 Å². The van der Waals surface area contributed by atoms with Crippen LogP contribution in [-0.2, 0) is 19.1 Å². The molecule has 0 aliphatic carbocycles. The van der Waals surface area contributed by atoms with Crippen molar-refractivity contribution >= 4 is 11.9 Å². The van der Waals surface area contributed by atoms with E-state index in [4.69, 9.17) is 5.11 Å². The topological polar surface area (TPSA) is 72.8 Å². The Bertz CT molecular complexity index is 188. The summed E-state index contributed by atoms with van der Waals surface area (Å²) >= 11 is 0. The highest BCUT2D eigenvalue weighted by Gasteiger charge is 2.05. The molecule has 0 heterocycles. The molecule has 1 N–H and O–H groups in total. The number of carbonyl (C=O) groups is 2. The summed E-state index contributed by atoms with van der Waals surface area (Å²) in [5, 5.41) is 8.40. The van der Waals surface area contributed by atoms with Crippen LogP contribution in [0.1, 0.15) is 13.8 Å². The largest absolute Gasteiger partial charge is 0.393 e. The van der Waals surface area contributed by atoms with Crippen molar-refractivity contribution in [1.82, 2.24) is 0 Å². The van der Waals surface area contributed by atoms with Crippen LogP contribution in [0.2, 0.25) is 0 Å². The average Bonchev–Trinajstić information content (AvgIpc) is 1.84. The Labute approximate surface area is 69.6 Å². The first kappa shape index (κ1) is 10.6. The van der Waals surface area contributed by atoms with Gasteiger partial charge < -0.3 is 14.6 Å². The quantitative estimate of drug-likeness (QED) is 0.479. The van der Waals surface area contributed by atoms with Crippen molar-refractivity contribution in [3.63, 3.8) is 0 Å². The zero-order chi connectivity index (χ0) is 9.56. The van der Waals surface area contributed by atoms with Gasteiger partial charge in [-0.2, -0.15) is 0 Å². The number of aliphatic hydroxyl groups is 1. The number of aliphatic hydroxyl groups excluding tert-OH is 1. The van der Waals surface area contributed by atoms with Gasteiger partial charge in [0.05, 0.1) is 6.61 Å². The molecule has 0 rings (SSSR count). The Morgan fingerprint density at radius 3 is 1.92 bits per heavy atom. The highest BCUT2D eigenvalue weighted by molar-refractivity contribution is 5.69. The van der Waals surface area contributed by atoms with Crippen LogP contribution in [0, 0.1) is 0 Å². The maximum atomic E-state index is 10.4. The summed E-state index contributed by atoms with van der Waals surface area (Å²) < 4.78 is 8.84. The van der Waals surface area contributed by atoms with Crippen LogP contribution in [-0.4, -0.2) is 23.7 Å². The molecular formula is C7H10O5. The Hall–Kier alpha value is -1.36. The molecule has 0 aromatic heterocycles. The first-order chi connectivity index (χ1) is 5.56. The molecule has 0 fully saturated rings. The van der Waals surface area contributed by atoms with Gasteiger partial charge in [0, 0.05) is 19.9 Å². The monoisotopic (exact) mass is 174 g/mol. The summed E-state index contributed by atoms with van der Waals surface area (Å²) in [5.41, 5.74) is 0. The Balaban J connectivity index is 4.14. The molecule has 0 aromatic rings. The summed E-state index contributed by atoms with van der Waals surface area (Å²) in [7, 11) is 0. The highest BCUT2D eigenvalue weighted by Crippen LogP contribution is 2.00. The van der Waals surface area contributed by atoms with E-state index in [0.29, 0.717) is 0 Å². The standard InChI is InChI=1S/C7H10O5/c1-5(9)11-7(3-4-8)12-6(2)10/h3,8H,4H2,1-2H3. The van der Waals surface area contributed by atoms with E-state index in [1.54, 1.807) is 0 Å². The fourth-order valence-corrected chi connectivity index (χ4v) is 0.462. The first-order valence-corrected chi connectivity index (χ1v) is 3.24. The van der Waals surface area contributed by atoms with Crippen LogP contribution in [0.4, 0.5) is 0 Å². The van der Waals surface area contributed by atoms with Crippen LogP contribution in [0.25, 0.3) is 0 Å². The van der Waals surface area contributed by atoms with E-state index in [1.165, 1.54) is 0 Å². The predicted molar refractivity (Wildman–Crippen MR) is 38.7 cm³/mol. The van der Waals surface area contributed by atoms with E-state index >= 15 is 0 Å². The maximum Gasteiger partial charge on any atom is 0.310 e. The summed E-state index contributed by atoms with van der Waals surface area (Å²) in [5.74, 6) is -1.52. The summed E-state index contributed by atoms with van der Waals surface area (Å²) in [4.78, 5) is 20.7. The zero-order valence-corrected chi connectivity index (χ0v) is 6.86. The van der Waals surface area contributed by atoms with Crippen molar-refractivity contribution in [2.24, 2.45) is 0 Å². The molecule has 0 aromatic carbocycles. The summed E-state index contributed by atoms with van der Waals surface area (Å²) in [6.45, 7) is 1.96. The predicted octanol–water partition coefficient (Wildman–Crippen LogP) is -0.0537. The molecule has 0 aliphatic rings. The minimum absolute atomic E-state index is 0.294. The van der Waals surface area contributed by atoms with Crippen LogP contribution < -0.4 is 0 Å². The highest BCUT2D eigenvalue weighted by atomic mass is 16.7. The lowest BCUT2D eigenvalue weighted by atomic mass is 10.6. The van der Waals surface area contributed by atoms with Gasteiger partial charge in [0.1, 0.15) is 0 Å². The van der Waals surface area contributed by atoms with E-state index in [9.17, 15) is 9.59 Å². The van der Waals surface area contributed by atoms with Crippen LogP contribution in [0.15, 0.2) is 12.0 Å². The van der Waals surface area contributed by atoms with Gasteiger partial charge in [0.25, 0.3) is 5.95 Å². The second-order valence-corrected chi connectivity index (χ2v) is 1.89. The fourth-order valence-electron chi connectivity index (χ4n) is 0.462. The summed E-state index contributed by atoms with van der Waals surface area (Å²) in [6, 6.07) is 0. The smallest absolute Gasteiger partial charge is 0.310 e. The van der Waals surface area contributed by atoms with E-state index < -0.39 is 11.9 Å². The molecule has 5 nitrogen and oxygen atoms in total. The first-order valence-electron chi connectivity index (χ1n) is 3.24. The van der Waals surface area contributed by atoms with E-state index in [0.717, 1.165) is 19.9 Å². The molecule has 0 aliphatic heterocycles. The SMILES string of the molecule is CC(=O)OC(=CCO)OC(C)=O. The van der Waals surface area contributed by atoms with Gasteiger partial charge in [-0.15, -0.1) is 0 Å². The van der Waals surface area contributed by atoms with Gasteiger partial charge in [-0.25, -0.2) is 0 Å². The van der Waals surface area contributed by atoms with Crippen molar-refractivity contribution in [3.05, 3.63) is 12.0 Å². The molecule has 0 unspecified atom stereocenters. The molecule has 0 atom stereocenters. The van der Waals surface area contributed by atoms with Gasteiger partial charge in [-0.3, -0.25) is 9.59 Å². The lowest BCUT2D eigenvalue weighted by molar-refractivity contribution is -0.151. The minimum Gasteiger partial charge on any atom is -0.393 e. The molecule has 0 amide bonds. The van der Waals surface area contributed by atoms with Gasteiger partial charge in [-0.1, -0.05) is 0 Å². The van der Waals surface area contributed by atoms with E-state index in [1.807, 2.05) is 0 Å². The number of esters is 2. The number of rotatable bonds is 3. The Morgan fingerprint density at radius 2 is 1.67 bits per heavy atom. The second kappa shape index (κ2) is 5.31. The second-order valence-electron chi connectivity index (χ2n) is 1.89. The molecule has 0 bridgehead atoms. The fraction of sp³-hybridized carbons (Fsp3) is 0.429.